The first-order chi connectivity index (χ1) is 45.0. The van der Waals surface area contributed by atoms with E-state index in [0.29, 0.717) is 23.9 Å². The van der Waals surface area contributed by atoms with Crippen LogP contribution in [0.15, 0.2) is 231 Å². The van der Waals surface area contributed by atoms with E-state index in [1.165, 1.54) is 6.42 Å². The van der Waals surface area contributed by atoms with Crippen molar-refractivity contribution in [1.82, 2.24) is 0 Å². The molecule has 0 saturated carbocycles. The van der Waals surface area contributed by atoms with Crippen molar-refractivity contribution in [2.24, 2.45) is 0 Å². The van der Waals surface area contributed by atoms with Crippen molar-refractivity contribution in [1.29, 1.82) is 0 Å². The van der Waals surface area contributed by atoms with Gasteiger partial charge in [-0.3, -0.25) is 14.2 Å². The van der Waals surface area contributed by atoms with Crippen molar-refractivity contribution in [3.05, 3.63) is 231 Å². The van der Waals surface area contributed by atoms with Crippen LogP contribution in [-0.4, -0.2) is 70.0 Å². The maximum atomic E-state index is 12.9. The number of nitrogens with zero attached hydrogens (tertiary/aromatic N) is 1. The second-order valence-corrected chi connectivity index (χ2v) is 24.8. The number of unbranched alkanes of at least 4 members (excludes halogenated alkanes) is 9. The minimum Gasteiger partial charge on any atom is -0.756 e. The molecule has 0 aliphatic carbocycles. The van der Waals surface area contributed by atoms with E-state index < -0.39 is 32.5 Å². The molecule has 10 heteroatoms. The minimum absolute atomic E-state index is 0.0541. The Morgan fingerprint density at radius 3 is 0.891 bits per heavy atom. The van der Waals surface area contributed by atoms with Gasteiger partial charge in [0.1, 0.15) is 19.8 Å². The van der Waals surface area contributed by atoms with E-state index >= 15 is 0 Å². The Labute approximate surface area is 562 Å². The van der Waals surface area contributed by atoms with Gasteiger partial charge >= 0.3 is 11.9 Å². The third kappa shape index (κ3) is 73.1. The maximum absolute atomic E-state index is 12.9. The number of allylic oxidation sites excluding steroid dienone is 38. The number of quaternary nitrogens is 1. The summed E-state index contributed by atoms with van der Waals surface area (Å²) in [6, 6.07) is 0. The van der Waals surface area contributed by atoms with Gasteiger partial charge in [0.25, 0.3) is 7.82 Å². The second-order valence-electron chi connectivity index (χ2n) is 23.4. The number of phosphoric ester groups is 1. The van der Waals surface area contributed by atoms with Gasteiger partial charge in [0.15, 0.2) is 6.10 Å². The molecule has 512 valence electrons. The number of phosphoric acid groups is 1. The normalized spacial score (nSPS) is 14.5. The molecule has 0 spiro atoms. The average Bonchev–Trinajstić information content (AvgIpc) is 2.23. The SMILES string of the molecule is CC/C=C\C/C=C\C/C=C\C/C=C\C/C=C\C/C=C\C/C=C\C/C=C\C/C=C\C/C=C\C/C=C\CCCCCCCCCC(=O)OC(COC(=O)CCCC/C=C\C/C=C\C/C=C\C/C=C\C/C=C\C/C=C\C/C=C\C/C=C\CC)COP(=O)([O-])OCC[N+](C)(C)C. The summed E-state index contributed by atoms with van der Waals surface area (Å²) < 4.78 is 34.2. The van der Waals surface area contributed by atoms with Crippen LogP contribution in [0.4, 0.5) is 0 Å². The van der Waals surface area contributed by atoms with Gasteiger partial charge < -0.3 is 27.9 Å². The van der Waals surface area contributed by atoms with Gasteiger partial charge in [-0.25, -0.2) is 0 Å². The van der Waals surface area contributed by atoms with Gasteiger partial charge in [0.05, 0.1) is 27.7 Å². The molecule has 0 rings (SSSR count). The van der Waals surface area contributed by atoms with E-state index in [4.69, 9.17) is 18.5 Å². The first-order valence-corrected chi connectivity index (χ1v) is 36.6. The molecule has 9 nitrogen and oxygen atoms in total. The van der Waals surface area contributed by atoms with Crippen LogP contribution >= 0.6 is 7.82 Å². The van der Waals surface area contributed by atoms with Crippen molar-refractivity contribution < 1.29 is 42.1 Å². The molecule has 0 N–H and O–H groups in total. The predicted molar refractivity (Wildman–Crippen MR) is 396 cm³/mol. The fourth-order valence-electron chi connectivity index (χ4n) is 8.38. The number of ether oxygens (including phenoxy) is 2. The topological polar surface area (TPSA) is 111 Å². The molecule has 0 aliphatic rings. The van der Waals surface area contributed by atoms with Crippen LogP contribution in [0, 0.1) is 0 Å². The van der Waals surface area contributed by atoms with Gasteiger partial charge in [0, 0.05) is 12.8 Å². The zero-order valence-electron chi connectivity index (χ0n) is 58.1. The van der Waals surface area contributed by atoms with Crippen LogP contribution in [0.25, 0.3) is 0 Å². The van der Waals surface area contributed by atoms with Crippen LogP contribution in [-0.2, 0) is 32.7 Å². The summed E-state index contributed by atoms with van der Waals surface area (Å²) in [6.07, 6.45) is 113. The lowest BCUT2D eigenvalue weighted by molar-refractivity contribution is -0.870. The fraction of sp³-hybridized carbons (Fsp3) is 0.512. The third-order valence-electron chi connectivity index (χ3n) is 13.7. The molecule has 0 fully saturated rings. The Bertz CT molecular complexity index is 2400. The fourth-order valence-corrected chi connectivity index (χ4v) is 9.11. The number of hydrogen-bond acceptors (Lipinski definition) is 8. The van der Waals surface area contributed by atoms with E-state index in [2.05, 4.69) is 245 Å². The highest BCUT2D eigenvalue weighted by molar-refractivity contribution is 7.45. The van der Waals surface area contributed by atoms with Gasteiger partial charge in [-0.05, 0) is 161 Å². The molecule has 2 unspecified atom stereocenters. The largest absolute Gasteiger partial charge is 0.756 e. The summed E-state index contributed by atoms with van der Waals surface area (Å²) in [5.74, 6) is -0.918. The lowest BCUT2D eigenvalue weighted by Gasteiger charge is -2.28. The Morgan fingerprint density at radius 2 is 0.587 bits per heavy atom. The molecular weight excluding hydrogens is 1160 g/mol. The lowest BCUT2D eigenvalue weighted by Crippen LogP contribution is -2.37. The Balaban J connectivity index is 4.24. The number of rotatable bonds is 61. The molecule has 92 heavy (non-hydrogen) atoms. The van der Waals surface area contributed by atoms with Gasteiger partial charge in [-0.1, -0.05) is 277 Å². The number of esters is 2. The van der Waals surface area contributed by atoms with Gasteiger partial charge in [-0.2, -0.15) is 0 Å². The number of likely N-dealkylation sites (N-methyl/N-ethyl adjacent to an activating group) is 1. The zero-order chi connectivity index (χ0) is 66.9. The lowest BCUT2D eigenvalue weighted by atomic mass is 10.1. The van der Waals surface area contributed by atoms with Crippen molar-refractivity contribution in [3.8, 4) is 0 Å². The highest BCUT2D eigenvalue weighted by Crippen LogP contribution is 2.38. The van der Waals surface area contributed by atoms with Gasteiger partial charge in [0.2, 0.25) is 0 Å². The van der Waals surface area contributed by atoms with Crippen LogP contribution in [0.5, 0.6) is 0 Å². The number of hydrogen-bond donors (Lipinski definition) is 0. The molecular formula is C82H126NO8P. The molecule has 2 atom stereocenters. The quantitative estimate of drug-likeness (QED) is 0.0195. The first-order valence-electron chi connectivity index (χ1n) is 35.1. The highest BCUT2D eigenvalue weighted by Gasteiger charge is 2.22. The van der Waals surface area contributed by atoms with Crippen LogP contribution in [0.1, 0.15) is 219 Å². The monoisotopic (exact) mass is 1280 g/mol. The predicted octanol–water partition coefficient (Wildman–Crippen LogP) is 22.7. The van der Waals surface area contributed by atoms with E-state index in [1.54, 1.807) is 0 Å². The standard InChI is InChI=1S/C82H126NO8P/c1-6-8-10-12-14-16-18-20-22-24-26-28-30-32-34-35-36-37-38-39-40-41-42-43-44-45-46-47-49-51-53-55-57-59-61-63-65-67-69-71-73-75-82(85)91-80(79-90-92(86,87)89-77-76-83(3,4)5)78-88-81(84)74-72-70-68-66-64-62-60-58-56-54-52-50-48-33-31-29-27-25-23-21-19-17-15-13-11-9-7-2/h8-11,14-17,20-23,26-29,32-34,36-37,39-40,42-43,45-46,48-49,51-52,54-55,57-58,60,64,66,80H,6-7,12-13,18-19,24-25,30-31,35,38,41,44,47,50,53,56,59,61-63,65,67-79H2,1-5H3/b10-8-,11-9-,16-14-,17-15-,22-20-,23-21-,28-26-,29-27-,34-32-,37-36-,40-39-,43-42-,46-45-,48-33-,51-49-,54-52-,57-55-,60-58-,66-64-. The van der Waals surface area contributed by atoms with Crippen LogP contribution in [0.3, 0.4) is 0 Å². The van der Waals surface area contributed by atoms with Crippen LogP contribution < -0.4 is 4.89 Å². The summed E-state index contributed by atoms with van der Waals surface area (Å²) in [5.41, 5.74) is 0. The molecule has 0 aliphatic heterocycles. The molecule has 0 bridgehead atoms. The molecule has 0 heterocycles. The number of carbonyl (C=O) groups excluding carboxylic acids is 2. The van der Waals surface area contributed by atoms with E-state index in [1.807, 2.05) is 21.1 Å². The smallest absolute Gasteiger partial charge is 0.306 e. The highest BCUT2D eigenvalue weighted by atomic mass is 31.2. The van der Waals surface area contributed by atoms with E-state index in [9.17, 15) is 19.0 Å². The summed E-state index contributed by atoms with van der Waals surface area (Å²) in [6.45, 7) is 3.91. The van der Waals surface area contributed by atoms with E-state index in [-0.39, 0.29) is 26.1 Å². The molecule has 0 saturated heterocycles. The summed E-state index contributed by atoms with van der Waals surface area (Å²) >= 11 is 0. The average molecular weight is 1280 g/mol. The molecule has 0 aromatic rings. The van der Waals surface area contributed by atoms with Gasteiger partial charge in [-0.15, -0.1) is 0 Å². The van der Waals surface area contributed by atoms with Crippen molar-refractivity contribution in [2.45, 2.75) is 225 Å². The zero-order valence-corrected chi connectivity index (χ0v) is 59.0. The van der Waals surface area contributed by atoms with E-state index in [0.717, 1.165) is 173 Å². The Kier molecular flexibility index (Phi) is 64.9. The Morgan fingerprint density at radius 1 is 0.337 bits per heavy atom. The number of carbonyl (C=O) groups is 2. The second kappa shape index (κ2) is 69.4. The van der Waals surface area contributed by atoms with Crippen molar-refractivity contribution in [3.63, 3.8) is 0 Å². The molecule has 0 radical (unpaired) electrons. The van der Waals surface area contributed by atoms with Crippen molar-refractivity contribution in [2.75, 3.05) is 47.5 Å². The molecule has 0 aromatic heterocycles. The summed E-state index contributed by atoms with van der Waals surface area (Å²) in [5, 5.41) is 0. The molecule has 0 amide bonds. The Hall–Kier alpha value is -5.93. The van der Waals surface area contributed by atoms with Crippen molar-refractivity contribution >= 4 is 19.8 Å². The maximum Gasteiger partial charge on any atom is 0.306 e. The first kappa shape index (κ1) is 86.1. The third-order valence-corrected chi connectivity index (χ3v) is 14.6. The summed E-state index contributed by atoms with van der Waals surface area (Å²) in [4.78, 5) is 38.0. The minimum atomic E-state index is -4.67. The van der Waals surface area contributed by atoms with Crippen LogP contribution in [0.2, 0.25) is 0 Å². The molecule has 0 aromatic carbocycles. The summed E-state index contributed by atoms with van der Waals surface area (Å²) in [7, 11) is 1.10.